The Morgan fingerprint density at radius 3 is 2.47 bits per heavy atom. The second-order valence-corrected chi connectivity index (χ2v) is 9.85. The summed E-state index contributed by atoms with van der Waals surface area (Å²) in [5, 5.41) is 3.46. The normalized spacial score (nSPS) is 16.1. The summed E-state index contributed by atoms with van der Waals surface area (Å²) in [5.41, 5.74) is 3.41. The molecule has 1 unspecified atom stereocenters. The lowest BCUT2D eigenvalue weighted by atomic mass is 10.2. The van der Waals surface area contributed by atoms with Crippen LogP contribution in [0.25, 0.3) is 0 Å². The van der Waals surface area contributed by atoms with Crippen molar-refractivity contribution in [3.05, 3.63) is 89.5 Å². The van der Waals surface area contributed by atoms with Gasteiger partial charge in [0.05, 0.1) is 4.90 Å². The predicted molar refractivity (Wildman–Crippen MR) is 128 cm³/mol. The number of likely N-dealkylation sites (tertiary alicyclic amines) is 1. The fourth-order valence-electron chi connectivity index (χ4n) is 3.94. The summed E-state index contributed by atoms with van der Waals surface area (Å²) in [4.78, 5) is 15.1. The molecule has 0 radical (unpaired) electrons. The third-order valence-electron chi connectivity index (χ3n) is 5.61. The number of hydrogen-bond donors (Lipinski definition) is 2. The quantitative estimate of drug-likeness (QED) is 0.584. The number of sulfonamides is 1. The standard InChI is InChI=1S/C25H27N3O3S/c1-18-11-12-19(2)24(15-18)32(30,31)27-22-10-6-7-20(16-22)25(29)28-14-13-23(17-28)26-21-8-4-3-5-9-21/h3-12,15-16,23,26-27H,13-14,17H2,1-2H3. The molecule has 1 aliphatic heterocycles. The predicted octanol–water partition coefficient (Wildman–Crippen LogP) is 4.43. The molecular formula is C25H27N3O3S. The van der Waals surface area contributed by atoms with E-state index in [2.05, 4.69) is 10.0 Å². The molecule has 3 aromatic rings. The van der Waals surface area contributed by atoms with Gasteiger partial charge in [0.25, 0.3) is 15.9 Å². The first kappa shape index (κ1) is 21.9. The minimum atomic E-state index is -3.76. The van der Waals surface area contributed by atoms with Crippen molar-refractivity contribution in [3.63, 3.8) is 0 Å². The molecule has 1 amide bonds. The summed E-state index contributed by atoms with van der Waals surface area (Å²) in [6.45, 7) is 4.88. The highest BCUT2D eigenvalue weighted by atomic mass is 32.2. The molecule has 3 aromatic carbocycles. The van der Waals surface area contributed by atoms with Crippen LogP contribution in [-0.2, 0) is 10.0 Å². The van der Waals surface area contributed by atoms with Crippen LogP contribution in [0.2, 0.25) is 0 Å². The number of nitrogens with one attached hydrogen (secondary N) is 2. The number of benzene rings is 3. The lowest BCUT2D eigenvalue weighted by Gasteiger charge is -2.18. The molecule has 0 spiro atoms. The summed E-state index contributed by atoms with van der Waals surface area (Å²) in [6, 6.07) is 22.1. The van der Waals surface area contributed by atoms with Crippen LogP contribution in [0.4, 0.5) is 11.4 Å². The number of carbonyl (C=O) groups is 1. The van der Waals surface area contributed by atoms with Crippen molar-refractivity contribution >= 4 is 27.3 Å². The van der Waals surface area contributed by atoms with Crippen molar-refractivity contribution in [1.29, 1.82) is 0 Å². The summed E-state index contributed by atoms with van der Waals surface area (Å²) >= 11 is 0. The van der Waals surface area contributed by atoms with Gasteiger partial charge in [-0.3, -0.25) is 9.52 Å². The van der Waals surface area contributed by atoms with E-state index >= 15 is 0 Å². The zero-order valence-electron chi connectivity index (χ0n) is 18.2. The van der Waals surface area contributed by atoms with E-state index in [0.717, 1.165) is 17.7 Å². The van der Waals surface area contributed by atoms with E-state index in [0.29, 0.717) is 29.9 Å². The van der Waals surface area contributed by atoms with Gasteiger partial charge in [0.2, 0.25) is 0 Å². The van der Waals surface area contributed by atoms with Gasteiger partial charge in [-0.2, -0.15) is 0 Å². The van der Waals surface area contributed by atoms with Crippen molar-refractivity contribution in [1.82, 2.24) is 4.90 Å². The average molecular weight is 450 g/mol. The number of para-hydroxylation sites is 1. The number of rotatable bonds is 6. The minimum absolute atomic E-state index is 0.102. The molecular weight excluding hydrogens is 422 g/mol. The summed E-state index contributed by atoms with van der Waals surface area (Å²) in [6.07, 6.45) is 0.861. The van der Waals surface area contributed by atoms with Crippen LogP contribution in [0.5, 0.6) is 0 Å². The van der Waals surface area contributed by atoms with Crippen LogP contribution in [-0.4, -0.2) is 38.4 Å². The molecule has 0 aliphatic carbocycles. The van der Waals surface area contributed by atoms with E-state index in [4.69, 9.17) is 0 Å². The molecule has 1 fully saturated rings. The molecule has 1 heterocycles. The Bertz CT molecular complexity index is 1230. The van der Waals surface area contributed by atoms with Crippen molar-refractivity contribution in [2.45, 2.75) is 31.2 Å². The Morgan fingerprint density at radius 1 is 0.938 bits per heavy atom. The maximum absolute atomic E-state index is 13.1. The van der Waals surface area contributed by atoms with Crippen molar-refractivity contribution < 1.29 is 13.2 Å². The van der Waals surface area contributed by atoms with Gasteiger partial charge < -0.3 is 10.2 Å². The van der Waals surface area contributed by atoms with Crippen LogP contribution in [0.3, 0.4) is 0 Å². The Hall–Kier alpha value is -3.32. The second kappa shape index (κ2) is 9.04. The first-order chi connectivity index (χ1) is 15.3. The fraction of sp³-hybridized carbons (Fsp3) is 0.240. The van der Waals surface area contributed by atoms with E-state index in [-0.39, 0.29) is 16.8 Å². The lowest BCUT2D eigenvalue weighted by molar-refractivity contribution is 0.0791. The molecule has 7 heteroatoms. The largest absolute Gasteiger partial charge is 0.380 e. The number of hydrogen-bond acceptors (Lipinski definition) is 4. The highest BCUT2D eigenvalue weighted by Gasteiger charge is 2.27. The molecule has 1 saturated heterocycles. The van der Waals surface area contributed by atoms with Gasteiger partial charge in [-0.25, -0.2) is 8.42 Å². The fourth-order valence-corrected chi connectivity index (χ4v) is 5.32. The van der Waals surface area contributed by atoms with Crippen LogP contribution in [0.1, 0.15) is 27.9 Å². The van der Waals surface area contributed by atoms with Crippen molar-refractivity contribution in [3.8, 4) is 0 Å². The third-order valence-corrected chi connectivity index (χ3v) is 7.14. The Labute approximate surface area is 189 Å². The highest BCUT2D eigenvalue weighted by molar-refractivity contribution is 7.92. The Kier molecular flexibility index (Phi) is 6.19. The number of anilines is 2. The van der Waals surface area contributed by atoms with E-state index in [1.54, 1.807) is 48.2 Å². The molecule has 0 saturated carbocycles. The first-order valence-electron chi connectivity index (χ1n) is 10.6. The SMILES string of the molecule is Cc1ccc(C)c(S(=O)(=O)Nc2cccc(C(=O)N3CCC(Nc4ccccc4)C3)c2)c1. The van der Waals surface area contributed by atoms with E-state index in [1.807, 2.05) is 43.3 Å². The lowest BCUT2D eigenvalue weighted by Crippen LogP contribution is -2.31. The molecule has 1 atom stereocenters. The zero-order chi connectivity index (χ0) is 22.7. The van der Waals surface area contributed by atoms with E-state index in [9.17, 15) is 13.2 Å². The van der Waals surface area contributed by atoms with Gasteiger partial charge >= 0.3 is 0 Å². The Morgan fingerprint density at radius 2 is 1.69 bits per heavy atom. The van der Waals surface area contributed by atoms with Crippen LogP contribution < -0.4 is 10.0 Å². The molecule has 0 bridgehead atoms. The van der Waals surface area contributed by atoms with Gasteiger partial charge in [0.1, 0.15) is 0 Å². The molecule has 2 N–H and O–H groups in total. The third kappa shape index (κ3) is 4.94. The van der Waals surface area contributed by atoms with Crippen molar-refractivity contribution in [2.75, 3.05) is 23.1 Å². The first-order valence-corrected chi connectivity index (χ1v) is 12.1. The van der Waals surface area contributed by atoms with Gasteiger partial charge in [-0.05, 0) is 67.8 Å². The molecule has 0 aromatic heterocycles. The summed E-state index contributed by atoms with van der Waals surface area (Å²) in [7, 11) is -3.76. The van der Waals surface area contributed by atoms with Crippen molar-refractivity contribution in [2.24, 2.45) is 0 Å². The van der Waals surface area contributed by atoms with E-state index in [1.165, 1.54) is 0 Å². The maximum Gasteiger partial charge on any atom is 0.262 e. The molecule has 32 heavy (non-hydrogen) atoms. The van der Waals surface area contributed by atoms with Gasteiger partial charge in [-0.15, -0.1) is 0 Å². The van der Waals surface area contributed by atoms with Gasteiger partial charge in [0.15, 0.2) is 0 Å². The zero-order valence-corrected chi connectivity index (χ0v) is 19.0. The van der Waals surface area contributed by atoms with Crippen LogP contribution in [0.15, 0.2) is 77.7 Å². The molecule has 1 aliphatic rings. The number of nitrogens with zero attached hydrogens (tertiary/aromatic N) is 1. The number of aryl methyl sites for hydroxylation is 2. The minimum Gasteiger partial charge on any atom is -0.380 e. The van der Waals surface area contributed by atoms with Gasteiger partial charge in [0, 0.05) is 36.1 Å². The van der Waals surface area contributed by atoms with Crippen LogP contribution in [0, 0.1) is 13.8 Å². The highest BCUT2D eigenvalue weighted by Crippen LogP contribution is 2.23. The summed E-state index contributed by atoms with van der Waals surface area (Å²) < 4.78 is 28.4. The molecule has 4 rings (SSSR count). The summed E-state index contributed by atoms with van der Waals surface area (Å²) in [5.74, 6) is -0.102. The molecule has 166 valence electrons. The topological polar surface area (TPSA) is 78.5 Å². The Balaban J connectivity index is 1.46. The number of amides is 1. The average Bonchev–Trinajstić information content (AvgIpc) is 3.24. The number of carbonyl (C=O) groups excluding carboxylic acids is 1. The van der Waals surface area contributed by atoms with Gasteiger partial charge in [-0.1, -0.05) is 36.4 Å². The van der Waals surface area contributed by atoms with E-state index < -0.39 is 10.0 Å². The monoisotopic (exact) mass is 449 g/mol. The second-order valence-electron chi connectivity index (χ2n) is 8.20. The maximum atomic E-state index is 13.1. The molecule has 6 nitrogen and oxygen atoms in total. The smallest absolute Gasteiger partial charge is 0.262 e. The van der Waals surface area contributed by atoms with Crippen LogP contribution >= 0.6 is 0 Å².